The molecule has 0 bridgehead atoms. The van der Waals surface area contributed by atoms with Crippen LogP contribution >= 0.6 is 11.3 Å². The topological polar surface area (TPSA) is 21.3 Å². The molecule has 0 fully saturated rings. The van der Waals surface area contributed by atoms with Gasteiger partial charge in [0.25, 0.3) is 0 Å². The van der Waals surface area contributed by atoms with Crippen LogP contribution in [0, 0.1) is 0 Å². The number of rotatable bonds is 7. The average Bonchev–Trinajstić information content (AvgIpc) is 2.89. The predicted octanol–water partition coefficient (Wildman–Crippen LogP) is 3.35. The van der Waals surface area contributed by atoms with Crippen LogP contribution in [0.1, 0.15) is 12.5 Å². The van der Waals surface area contributed by atoms with Crippen LogP contribution in [0.3, 0.4) is 0 Å². The number of thiophene rings is 1. The second-order valence-corrected chi connectivity index (χ2v) is 5.13. The Bertz CT molecular complexity index is 427. The summed E-state index contributed by atoms with van der Waals surface area (Å²) in [7, 11) is 0. The number of hydrogen-bond acceptors (Lipinski definition) is 3. The van der Waals surface area contributed by atoms with Gasteiger partial charge in [0.05, 0.1) is 0 Å². The standard InChI is InChI=1S/C15H19NOS/c1-13(11-14-7-10-18-12-14)16-8-9-17-15-5-3-2-4-6-15/h2-7,10,12-13,16H,8-9,11H2,1H3. The van der Waals surface area contributed by atoms with Crippen molar-refractivity contribution in [3.05, 3.63) is 52.7 Å². The SMILES string of the molecule is CC(Cc1ccsc1)NCCOc1ccccc1. The lowest BCUT2D eigenvalue weighted by atomic mass is 10.1. The van der Waals surface area contributed by atoms with E-state index in [-0.39, 0.29) is 0 Å². The average molecular weight is 261 g/mol. The first-order valence-corrected chi connectivity index (χ1v) is 7.21. The number of benzene rings is 1. The van der Waals surface area contributed by atoms with Crippen molar-refractivity contribution in [1.29, 1.82) is 0 Å². The fourth-order valence-electron chi connectivity index (χ4n) is 1.83. The molecule has 0 aliphatic heterocycles. The zero-order chi connectivity index (χ0) is 12.6. The smallest absolute Gasteiger partial charge is 0.119 e. The summed E-state index contributed by atoms with van der Waals surface area (Å²) in [5.41, 5.74) is 1.41. The molecule has 1 atom stereocenters. The summed E-state index contributed by atoms with van der Waals surface area (Å²) in [6, 6.07) is 12.6. The lowest BCUT2D eigenvalue weighted by Gasteiger charge is -2.13. The zero-order valence-electron chi connectivity index (χ0n) is 10.6. The van der Waals surface area contributed by atoms with Crippen molar-refractivity contribution in [1.82, 2.24) is 5.32 Å². The van der Waals surface area contributed by atoms with Gasteiger partial charge in [-0.1, -0.05) is 18.2 Å². The van der Waals surface area contributed by atoms with E-state index in [1.54, 1.807) is 11.3 Å². The van der Waals surface area contributed by atoms with Crippen molar-refractivity contribution in [3.63, 3.8) is 0 Å². The van der Waals surface area contributed by atoms with Gasteiger partial charge in [0.15, 0.2) is 0 Å². The van der Waals surface area contributed by atoms with E-state index in [2.05, 4.69) is 29.1 Å². The summed E-state index contributed by atoms with van der Waals surface area (Å²) in [5.74, 6) is 0.935. The molecule has 0 aliphatic carbocycles. The first-order chi connectivity index (χ1) is 8.84. The molecule has 0 spiro atoms. The first kappa shape index (κ1) is 13.1. The molecular formula is C15H19NOS. The van der Waals surface area contributed by atoms with Crippen molar-refractivity contribution in [2.24, 2.45) is 0 Å². The molecule has 0 amide bonds. The number of nitrogens with one attached hydrogen (secondary N) is 1. The van der Waals surface area contributed by atoms with E-state index in [0.29, 0.717) is 12.6 Å². The van der Waals surface area contributed by atoms with Crippen molar-refractivity contribution in [2.45, 2.75) is 19.4 Å². The second-order valence-electron chi connectivity index (χ2n) is 4.35. The molecule has 1 unspecified atom stereocenters. The normalized spacial score (nSPS) is 12.3. The van der Waals surface area contributed by atoms with E-state index in [9.17, 15) is 0 Å². The van der Waals surface area contributed by atoms with Crippen LogP contribution in [0.25, 0.3) is 0 Å². The van der Waals surface area contributed by atoms with Gasteiger partial charge in [0.1, 0.15) is 12.4 Å². The predicted molar refractivity (Wildman–Crippen MR) is 77.4 cm³/mol. The molecule has 0 saturated heterocycles. The number of ether oxygens (including phenoxy) is 1. The molecule has 96 valence electrons. The van der Waals surface area contributed by atoms with Crippen molar-refractivity contribution < 1.29 is 4.74 Å². The molecule has 0 aliphatic rings. The van der Waals surface area contributed by atoms with Gasteiger partial charge in [-0.05, 0) is 47.9 Å². The van der Waals surface area contributed by atoms with Crippen LogP contribution in [0.15, 0.2) is 47.2 Å². The highest BCUT2D eigenvalue weighted by molar-refractivity contribution is 7.07. The Kier molecular flexibility index (Phi) is 5.24. The van der Waals surface area contributed by atoms with E-state index in [4.69, 9.17) is 4.74 Å². The molecule has 2 aromatic rings. The molecule has 1 heterocycles. The minimum Gasteiger partial charge on any atom is -0.492 e. The fraction of sp³-hybridized carbons (Fsp3) is 0.333. The molecule has 0 radical (unpaired) electrons. The zero-order valence-corrected chi connectivity index (χ0v) is 11.5. The lowest BCUT2D eigenvalue weighted by Crippen LogP contribution is -2.31. The summed E-state index contributed by atoms with van der Waals surface area (Å²) >= 11 is 1.75. The molecule has 1 N–H and O–H groups in total. The van der Waals surface area contributed by atoms with Gasteiger partial charge in [-0.15, -0.1) is 0 Å². The van der Waals surface area contributed by atoms with E-state index in [1.165, 1.54) is 5.56 Å². The van der Waals surface area contributed by atoms with Crippen LogP contribution in [-0.2, 0) is 6.42 Å². The summed E-state index contributed by atoms with van der Waals surface area (Å²) in [6.07, 6.45) is 1.08. The summed E-state index contributed by atoms with van der Waals surface area (Å²) in [5, 5.41) is 7.80. The Hall–Kier alpha value is -1.32. The molecule has 3 heteroatoms. The maximum Gasteiger partial charge on any atom is 0.119 e. The Morgan fingerprint density at radius 3 is 2.78 bits per heavy atom. The molecule has 2 rings (SSSR count). The van der Waals surface area contributed by atoms with Crippen LogP contribution in [0.2, 0.25) is 0 Å². The molecule has 18 heavy (non-hydrogen) atoms. The second kappa shape index (κ2) is 7.19. The fourth-order valence-corrected chi connectivity index (χ4v) is 2.51. The van der Waals surface area contributed by atoms with Gasteiger partial charge >= 0.3 is 0 Å². The third kappa shape index (κ3) is 4.51. The highest BCUT2D eigenvalue weighted by Gasteiger charge is 2.02. The molecule has 0 saturated carbocycles. The van der Waals surface area contributed by atoms with Crippen LogP contribution < -0.4 is 10.1 Å². The molecular weight excluding hydrogens is 242 g/mol. The van der Waals surface area contributed by atoms with E-state index in [1.807, 2.05) is 30.3 Å². The maximum absolute atomic E-state index is 5.63. The van der Waals surface area contributed by atoms with Crippen molar-refractivity contribution in [2.75, 3.05) is 13.2 Å². The Labute approximate surface area is 113 Å². The van der Waals surface area contributed by atoms with Gasteiger partial charge in [-0.25, -0.2) is 0 Å². The monoisotopic (exact) mass is 261 g/mol. The Morgan fingerprint density at radius 1 is 1.22 bits per heavy atom. The molecule has 2 nitrogen and oxygen atoms in total. The van der Waals surface area contributed by atoms with Crippen molar-refractivity contribution in [3.8, 4) is 5.75 Å². The van der Waals surface area contributed by atoms with Gasteiger partial charge in [0.2, 0.25) is 0 Å². The van der Waals surface area contributed by atoms with E-state index < -0.39 is 0 Å². The van der Waals surface area contributed by atoms with Gasteiger partial charge < -0.3 is 10.1 Å². The van der Waals surface area contributed by atoms with Gasteiger partial charge in [-0.2, -0.15) is 11.3 Å². The first-order valence-electron chi connectivity index (χ1n) is 6.27. The molecule has 1 aromatic carbocycles. The summed E-state index contributed by atoms with van der Waals surface area (Å²) < 4.78 is 5.63. The van der Waals surface area contributed by atoms with Crippen LogP contribution in [0.5, 0.6) is 5.75 Å². The quantitative estimate of drug-likeness (QED) is 0.772. The minimum atomic E-state index is 0.485. The third-order valence-electron chi connectivity index (χ3n) is 2.73. The number of para-hydroxylation sites is 1. The molecule has 1 aromatic heterocycles. The number of hydrogen-bond donors (Lipinski definition) is 1. The van der Waals surface area contributed by atoms with Crippen LogP contribution in [0.4, 0.5) is 0 Å². The highest BCUT2D eigenvalue weighted by atomic mass is 32.1. The largest absolute Gasteiger partial charge is 0.492 e. The van der Waals surface area contributed by atoms with Crippen molar-refractivity contribution >= 4 is 11.3 Å². The van der Waals surface area contributed by atoms with Gasteiger partial charge in [-0.3, -0.25) is 0 Å². The highest BCUT2D eigenvalue weighted by Crippen LogP contribution is 2.09. The maximum atomic E-state index is 5.63. The third-order valence-corrected chi connectivity index (χ3v) is 3.46. The van der Waals surface area contributed by atoms with E-state index >= 15 is 0 Å². The summed E-state index contributed by atoms with van der Waals surface area (Å²) in [6.45, 7) is 3.79. The summed E-state index contributed by atoms with van der Waals surface area (Å²) in [4.78, 5) is 0. The van der Waals surface area contributed by atoms with Gasteiger partial charge in [0, 0.05) is 12.6 Å². The Balaban J connectivity index is 1.60. The Morgan fingerprint density at radius 2 is 2.06 bits per heavy atom. The van der Waals surface area contributed by atoms with E-state index in [0.717, 1.165) is 18.7 Å². The van der Waals surface area contributed by atoms with Crippen LogP contribution in [-0.4, -0.2) is 19.2 Å². The minimum absolute atomic E-state index is 0.485. The lowest BCUT2D eigenvalue weighted by molar-refractivity contribution is 0.306.